The zero-order chi connectivity index (χ0) is 15.4. The Labute approximate surface area is 130 Å². The molecule has 22 heavy (non-hydrogen) atoms. The Balaban J connectivity index is 1.63. The number of benzene rings is 1. The molecule has 0 amide bonds. The minimum absolute atomic E-state index is 0.158. The Morgan fingerprint density at radius 2 is 1.95 bits per heavy atom. The Hall–Kier alpha value is -2.53. The highest BCUT2D eigenvalue weighted by molar-refractivity contribution is 5.62. The van der Waals surface area contributed by atoms with Crippen LogP contribution < -0.4 is 5.32 Å². The molecule has 112 valence electrons. The van der Waals surface area contributed by atoms with Gasteiger partial charge >= 0.3 is 0 Å². The largest absolute Gasteiger partial charge is 0.319 e. The Morgan fingerprint density at radius 1 is 1.14 bits per heavy atom. The number of rotatable bonds is 5. The Kier molecular flexibility index (Phi) is 4.25. The van der Waals surface area contributed by atoms with Crippen molar-refractivity contribution >= 4 is 0 Å². The van der Waals surface area contributed by atoms with Gasteiger partial charge in [0, 0.05) is 26.0 Å². The van der Waals surface area contributed by atoms with E-state index >= 15 is 0 Å². The van der Waals surface area contributed by atoms with Crippen molar-refractivity contribution in [2.45, 2.75) is 19.5 Å². The summed E-state index contributed by atoms with van der Waals surface area (Å²) < 4.78 is 1.93. The lowest BCUT2D eigenvalue weighted by atomic mass is 10.1. The van der Waals surface area contributed by atoms with Crippen molar-refractivity contribution in [2.24, 2.45) is 7.05 Å². The molecule has 0 aliphatic carbocycles. The molecule has 3 aromatic rings. The summed E-state index contributed by atoms with van der Waals surface area (Å²) in [5.74, 6) is 0.937. The molecule has 1 aromatic carbocycles. The number of hydrogen-bond acceptors (Lipinski definition) is 4. The van der Waals surface area contributed by atoms with Crippen LogP contribution in [-0.2, 0) is 13.6 Å². The SMILES string of the molecule is CC(NCc1ccc(-c2cccnc2)cc1)c1nncn1C. The first-order valence-electron chi connectivity index (χ1n) is 7.30. The van der Waals surface area contributed by atoms with Crippen LogP contribution in [0.15, 0.2) is 55.1 Å². The molecular formula is C17H19N5. The molecule has 0 saturated carbocycles. The molecule has 0 bridgehead atoms. The second-order valence-electron chi connectivity index (χ2n) is 5.34. The van der Waals surface area contributed by atoms with E-state index in [4.69, 9.17) is 0 Å². The first kappa shape index (κ1) is 14.4. The lowest BCUT2D eigenvalue weighted by Gasteiger charge is -2.13. The highest BCUT2D eigenvalue weighted by Crippen LogP contribution is 2.18. The van der Waals surface area contributed by atoms with Gasteiger partial charge < -0.3 is 9.88 Å². The second-order valence-corrected chi connectivity index (χ2v) is 5.34. The van der Waals surface area contributed by atoms with Crippen LogP contribution >= 0.6 is 0 Å². The fourth-order valence-electron chi connectivity index (χ4n) is 2.39. The van der Waals surface area contributed by atoms with Crippen LogP contribution in [-0.4, -0.2) is 19.7 Å². The summed E-state index contributed by atoms with van der Waals surface area (Å²) in [6, 6.07) is 12.7. The minimum atomic E-state index is 0.158. The third kappa shape index (κ3) is 3.20. The molecule has 0 fully saturated rings. The molecular weight excluding hydrogens is 274 g/mol. The van der Waals surface area contributed by atoms with Gasteiger partial charge in [-0.3, -0.25) is 4.98 Å². The molecule has 1 N–H and O–H groups in total. The highest BCUT2D eigenvalue weighted by Gasteiger charge is 2.10. The summed E-state index contributed by atoms with van der Waals surface area (Å²) in [6.07, 6.45) is 5.38. The maximum atomic E-state index is 4.15. The fourth-order valence-corrected chi connectivity index (χ4v) is 2.39. The van der Waals surface area contributed by atoms with Gasteiger partial charge in [-0.05, 0) is 29.7 Å². The van der Waals surface area contributed by atoms with E-state index in [1.807, 2.05) is 23.9 Å². The molecule has 2 aromatic heterocycles. The maximum absolute atomic E-state index is 4.15. The smallest absolute Gasteiger partial charge is 0.149 e. The summed E-state index contributed by atoms with van der Waals surface area (Å²) in [5, 5.41) is 11.5. The molecule has 1 atom stereocenters. The van der Waals surface area contributed by atoms with Gasteiger partial charge in [0.15, 0.2) is 0 Å². The molecule has 0 radical (unpaired) electrons. The van der Waals surface area contributed by atoms with Gasteiger partial charge in [-0.15, -0.1) is 10.2 Å². The van der Waals surface area contributed by atoms with Crippen molar-refractivity contribution in [1.82, 2.24) is 25.1 Å². The fraction of sp³-hybridized carbons (Fsp3) is 0.235. The van der Waals surface area contributed by atoms with E-state index in [2.05, 4.69) is 57.8 Å². The molecule has 0 saturated heterocycles. The summed E-state index contributed by atoms with van der Waals surface area (Å²) in [4.78, 5) is 4.15. The van der Waals surface area contributed by atoms with Crippen molar-refractivity contribution in [3.05, 3.63) is 66.5 Å². The average Bonchev–Trinajstić information content (AvgIpc) is 3.00. The maximum Gasteiger partial charge on any atom is 0.149 e. The molecule has 2 heterocycles. The third-order valence-corrected chi connectivity index (χ3v) is 3.69. The van der Waals surface area contributed by atoms with Crippen LogP contribution in [0.3, 0.4) is 0 Å². The van der Waals surface area contributed by atoms with Crippen LogP contribution in [0.25, 0.3) is 11.1 Å². The average molecular weight is 293 g/mol. The number of nitrogens with zero attached hydrogens (tertiary/aromatic N) is 4. The third-order valence-electron chi connectivity index (χ3n) is 3.69. The van der Waals surface area contributed by atoms with E-state index in [-0.39, 0.29) is 6.04 Å². The summed E-state index contributed by atoms with van der Waals surface area (Å²) in [7, 11) is 1.95. The molecule has 0 aliphatic rings. The van der Waals surface area contributed by atoms with E-state index in [1.54, 1.807) is 12.5 Å². The molecule has 5 heteroatoms. The Morgan fingerprint density at radius 3 is 2.59 bits per heavy atom. The lowest BCUT2D eigenvalue weighted by molar-refractivity contribution is 0.528. The van der Waals surface area contributed by atoms with Gasteiger partial charge in [-0.2, -0.15) is 0 Å². The summed E-state index contributed by atoms with van der Waals surface area (Å²) in [5.41, 5.74) is 3.55. The number of hydrogen-bond donors (Lipinski definition) is 1. The molecule has 3 rings (SSSR count). The molecule has 5 nitrogen and oxygen atoms in total. The van der Waals surface area contributed by atoms with Crippen molar-refractivity contribution in [1.29, 1.82) is 0 Å². The second kappa shape index (κ2) is 6.49. The quantitative estimate of drug-likeness (QED) is 0.786. The predicted molar refractivity (Wildman–Crippen MR) is 85.9 cm³/mol. The van der Waals surface area contributed by atoms with Crippen molar-refractivity contribution in [3.8, 4) is 11.1 Å². The van der Waals surface area contributed by atoms with Gasteiger partial charge in [0.2, 0.25) is 0 Å². The monoisotopic (exact) mass is 293 g/mol. The van der Waals surface area contributed by atoms with E-state index in [9.17, 15) is 0 Å². The molecule has 0 aliphatic heterocycles. The van der Waals surface area contributed by atoms with E-state index < -0.39 is 0 Å². The van der Waals surface area contributed by atoms with E-state index in [0.717, 1.165) is 17.9 Å². The van der Waals surface area contributed by atoms with Crippen molar-refractivity contribution in [2.75, 3.05) is 0 Å². The van der Waals surface area contributed by atoms with E-state index in [1.165, 1.54) is 11.1 Å². The first-order chi connectivity index (χ1) is 10.7. The zero-order valence-electron chi connectivity index (χ0n) is 12.8. The van der Waals surface area contributed by atoms with Crippen LogP contribution in [0.2, 0.25) is 0 Å². The first-order valence-corrected chi connectivity index (χ1v) is 7.30. The topological polar surface area (TPSA) is 55.6 Å². The van der Waals surface area contributed by atoms with Gasteiger partial charge in [0.1, 0.15) is 12.2 Å². The zero-order valence-corrected chi connectivity index (χ0v) is 12.8. The predicted octanol–water partition coefficient (Wildman–Crippen LogP) is 2.73. The normalized spacial score (nSPS) is 12.3. The molecule has 0 spiro atoms. The van der Waals surface area contributed by atoms with Crippen LogP contribution in [0.5, 0.6) is 0 Å². The highest BCUT2D eigenvalue weighted by atomic mass is 15.3. The van der Waals surface area contributed by atoms with Gasteiger partial charge in [-0.25, -0.2) is 0 Å². The van der Waals surface area contributed by atoms with E-state index in [0.29, 0.717) is 0 Å². The number of pyridine rings is 1. The Bertz CT molecular complexity index is 718. The van der Waals surface area contributed by atoms with Crippen LogP contribution in [0, 0.1) is 0 Å². The summed E-state index contributed by atoms with van der Waals surface area (Å²) in [6.45, 7) is 2.88. The lowest BCUT2D eigenvalue weighted by Crippen LogP contribution is -2.21. The van der Waals surface area contributed by atoms with Crippen molar-refractivity contribution < 1.29 is 0 Å². The van der Waals surface area contributed by atoms with Crippen LogP contribution in [0.1, 0.15) is 24.4 Å². The van der Waals surface area contributed by atoms with Crippen LogP contribution in [0.4, 0.5) is 0 Å². The van der Waals surface area contributed by atoms with Gasteiger partial charge in [-0.1, -0.05) is 30.3 Å². The standard InChI is InChI=1S/C17H19N5/c1-13(17-21-20-12-22(17)2)19-10-14-5-7-15(8-6-14)16-4-3-9-18-11-16/h3-9,11-13,19H,10H2,1-2H3. The van der Waals surface area contributed by atoms with Gasteiger partial charge in [0.05, 0.1) is 6.04 Å². The van der Waals surface area contributed by atoms with Crippen molar-refractivity contribution in [3.63, 3.8) is 0 Å². The summed E-state index contributed by atoms with van der Waals surface area (Å²) >= 11 is 0. The number of nitrogens with one attached hydrogen (secondary N) is 1. The number of aryl methyl sites for hydroxylation is 1. The number of aromatic nitrogens is 4. The molecule has 1 unspecified atom stereocenters. The minimum Gasteiger partial charge on any atom is -0.319 e. The van der Waals surface area contributed by atoms with Gasteiger partial charge in [0.25, 0.3) is 0 Å².